The normalized spacial score (nSPS) is 17.4. The minimum atomic E-state index is -0.606. The Morgan fingerprint density at radius 3 is 2.65 bits per heavy atom. The third-order valence-corrected chi connectivity index (χ3v) is 4.56. The van der Waals surface area contributed by atoms with E-state index in [1.54, 1.807) is 0 Å². The fourth-order valence-electron chi connectivity index (χ4n) is 2.21. The number of aryl methyl sites for hydroxylation is 1. The van der Waals surface area contributed by atoms with Crippen LogP contribution >= 0.6 is 0 Å². The van der Waals surface area contributed by atoms with E-state index in [0.717, 1.165) is 31.0 Å². The smallest absolute Gasteiger partial charge is 0.0411 e. The first-order valence-electron chi connectivity index (χ1n) is 6.10. The van der Waals surface area contributed by atoms with Crippen LogP contribution in [0.1, 0.15) is 11.1 Å². The average Bonchev–Trinajstić information content (AvgIpc) is 2.33. The third kappa shape index (κ3) is 3.07. The van der Waals surface area contributed by atoms with Gasteiger partial charge in [-0.25, -0.2) is 0 Å². The van der Waals surface area contributed by atoms with Gasteiger partial charge in [0.2, 0.25) is 0 Å². The predicted octanol–water partition coefficient (Wildman–Crippen LogP) is 1.06. The van der Waals surface area contributed by atoms with Crippen LogP contribution in [0.4, 0.5) is 5.69 Å². The van der Waals surface area contributed by atoms with Gasteiger partial charge in [0.05, 0.1) is 0 Å². The number of rotatable bonds is 3. The fourth-order valence-corrected chi connectivity index (χ4v) is 3.26. The minimum Gasteiger partial charge on any atom is -0.370 e. The largest absolute Gasteiger partial charge is 0.370 e. The maximum absolute atomic E-state index is 11.3. The van der Waals surface area contributed by atoms with Crippen molar-refractivity contribution in [3.8, 4) is 0 Å². The van der Waals surface area contributed by atoms with E-state index in [9.17, 15) is 4.21 Å². The first-order valence-corrected chi connectivity index (χ1v) is 7.59. The second kappa shape index (κ2) is 5.65. The van der Waals surface area contributed by atoms with Gasteiger partial charge in [0.25, 0.3) is 0 Å². The van der Waals surface area contributed by atoms with E-state index in [1.165, 1.54) is 16.8 Å². The van der Waals surface area contributed by atoms with Crippen LogP contribution < -0.4 is 10.6 Å². The highest BCUT2D eigenvalue weighted by Crippen LogP contribution is 2.20. The molecule has 0 unspecified atom stereocenters. The Morgan fingerprint density at radius 1 is 1.35 bits per heavy atom. The first kappa shape index (κ1) is 12.6. The van der Waals surface area contributed by atoms with Gasteiger partial charge in [-0.15, -0.1) is 0 Å². The zero-order chi connectivity index (χ0) is 12.3. The number of hydrogen-bond donors (Lipinski definition) is 1. The predicted molar refractivity (Wildman–Crippen MR) is 74.0 cm³/mol. The standard InChI is InChI=1S/C13H20N2OS/c1-11-10-13(3-2-12(11)4-5-14)15-6-8-17(16)9-7-15/h2-3,10H,4-9,14H2,1H3. The Kier molecular flexibility index (Phi) is 4.18. The zero-order valence-electron chi connectivity index (χ0n) is 10.3. The third-order valence-electron chi connectivity index (χ3n) is 3.28. The van der Waals surface area contributed by atoms with Gasteiger partial charge in [-0.2, -0.15) is 0 Å². The molecule has 0 spiro atoms. The summed E-state index contributed by atoms with van der Waals surface area (Å²) in [5, 5.41) is 0. The van der Waals surface area contributed by atoms with Crippen molar-refractivity contribution < 1.29 is 4.21 Å². The van der Waals surface area contributed by atoms with Gasteiger partial charge in [0.15, 0.2) is 0 Å². The van der Waals surface area contributed by atoms with Gasteiger partial charge in [0.1, 0.15) is 0 Å². The molecular weight excluding hydrogens is 232 g/mol. The Morgan fingerprint density at radius 2 is 2.06 bits per heavy atom. The van der Waals surface area contributed by atoms with Gasteiger partial charge in [-0.05, 0) is 43.1 Å². The molecule has 0 radical (unpaired) electrons. The molecule has 17 heavy (non-hydrogen) atoms. The molecule has 0 bridgehead atoms. The van der Waals surface area contributed by atoms with Gasteiger partial charge < -0.3 is 10.6 Å². The monoisotopic (exact) mass is 252 g/mol. The van der Waals surface area contributed by atoms with Crippen LogP contribution in [-0.2, 0) is 17.2 Å². The summed E-state index contributed by atoms with van der Waals surface area (Å²) in [4.78, 5) is 2.32. The maximum atomic E-state index is 11.3. The highest BCUT2D eigenvalue weighted by molar-refractivity contribution is 7.85. The Bertz CT molecular complexity index is 410. The number of benzene rings is 1. The molecule has 3 nitrogen and oxygen atoms in total. The lowest BCUT2D eigenvalue weighted by Gasteiger charge is -2.29. The van der Waals surface area contributed by atoms with E-state index in [-0.39, 0.29) is 0 Å². The van der Waals surface area contributed by atoms with Crippen molar-refractivity contribution in [1.82, 2.24) is 0 Å². The van der Waals surface area contributed by atoms with Gasteiger partial charge >= 0.3 is 0 Å². The van der Waals surface area contributed by atoms with E-state index in [4.69, 9.17) is 5.73 Å². The van der Waals surface area contributed by atoms with Crippen LogP contribution in [0.15, 0.2) is 18.2 Å². The van der Waals surface area contributed by atoms with Crippen molar-refractivity contribution in [3.63, 3.8) is 0 Å². The lowest BCUT2D eigenvalue weighted by Crippen LogP contribution is -2.37. The number of nitrogens with zero attached hydrogens (tertiary/aromatic N) is 1. The van der Waals surface area contributed by atoms with Crippen molar-refractivity contribution in [2.24, 2.45) is 5.73 Å². The topological polar surface area (TPSA) is 46.3 Å². The first-order chi connectivity index (χ1) is 8.20. The number of hydrogen-bond acceptors (Lipinski definition) is 3. The highest BCUT2D eigenvalue weighted by atomic mass is 32.2. The second-order valence-electron chi connectivity index (χ2n) is 4.48. The summed E-state index contributed by atoms with van der Waals surface area (Å²) in [5.74, 6) is 1.59. The van der Waals surface area contributed by atoms with E-state index in [0.29, 0.717) is 6.54 Å². The molecule has 94 valence electrons. The quantitative estimate of drug-likeness (QED) is 0.875. The van der Waals surface area contributed by atoms with E-state index in [2.05, 4.69) is 30.0 Å². The molecule has 1 saturated heterocycles. The van der Waals surface area contributed by atoms with Gasteiger partial charge in [-0.1, -0.05) is 6.07 Å². The van der Waals surface area contributed by atoms with Crippen LogP contribution in [0.2, 0.25) is 0 Å². The molecule has 0 saturated carbocycles. The van der Waals surface area contributed by atoms with Crippen LogP contribution in [0.3, 0.4) is 0 Å². The van der Waals surface area contributed by atoms with Crippen LogP contribution in [0, 0.1) is 6.92 Å². The lowest BCUT2D eigenvalue weighted by atomic mass is 10.0. The van der Waals surface area contributed by atoms with Crippen LogP contribution in [-0.4, -0.2) is 35.3 Å². The number of anilines is 1. The summed E-state index contributed by atoms with van der Waals surface area (Å²) in [6, 6.07) is 6.55. The average molecular weight is 252 g/mol. The SMILES string of the molecule is Cc1cc(N2CCS(=O)CC2)ccc1CCN. The summed E-state index contributed by atoms with van der Waals surface area (Å²) in [6.45, 7) is 4.64. The molecule has 1 fully saturated rings. The molecule has 0 atom stereocenters. The van der Waals surface area contributed by atoms with Crippen molar-refractivity contribution in [2.75, 3.05) is 36.0 Å². The highest BCUT2D eigenvalue weighted by Gasteiger charge is 2.15. The van der Waals surface area contributed by atoms with Gasteiger partial charge in [-0.3, -0.25) is 4.21 Å². The summed E-state index contributed by atoms with van der Waals surface area (Å²) in [6.07, 6.45) is 0.941. The molecule has 1 aromatic carbocycles. The molecule has 1 aliphatic rings. The van der Waals surface area contributed by atoms with E-state index >= 15 is 0 Å². The molecule has 1 heterocycles. The van der Waals surface area contributed by atoms with Crippen molar-refractivity contribution in [3.05, 3.63) is 29.3 Å². The Hall–Kier alpha value is -0.870. The molecule has 0 aliphatic carbocycles. The number of nitrogens with two attached hydrogens (primary N) is 1. The van der Waals surface area contributed by atoms with Gasteiger partial charge in [0, 0.05) is 41.1 Å². The summed E-state index contributed by atoms with van der Waals surface area (Å²) >= 11 is 0. The van der Waals surface area contributed by atoms with Crippen LogP contribution in [0.25, 0.3) is 0 Å². The molecule has 1 aromatic rings. The van der Waals surface area contributed by atoms with Crippen LogP contribution in [0.5, 0.6) is 0 Å². The molecule has 1 aliphatic heterocycles. The molecule has 0 amide bonds. The Balaban J connectivity index is 2.11. The molecule has 2 N–H and O–H groups in total. The summed E-state index contributed by atoms with van der Waals surface area (Å²) < 4.78 is 11.3. The molecule has 0 aromatic heterocycles. The van der Waals surface area contributed by atoms with Crippen molar-refractivity contribution in [1.29, 1.82) is 0 Å². The second-order valence-corrected chi connectivity index (χ2v) is 6.18. The molecule has 2 rings (SSSR count). The fraction of sp³-hybridized carbons (Fsp3) is 0.538. The Labute approximate surface area is 105 Å². The maximum Gasteiger partial charge on any atom is 0.0411 e. The molecular formula is C13H20N2OS. The summed E-state index contributed by atoms with van der Waals surface area (Å²) in [5.41, 5.74) is 9.47. The van der Waals surface area contributed by atoms with Crippen molar-refractivity contribution >= 4 is 16.5 Å². The van der Waals surface area contributed by atoms with E-state index in [1.807, 2.05) is 0 Å². The minimum absolute atomic E-state index is 0.606. The summed E-state index contributed by atoms with van der Waals surface area (Å²) in [7, 11) is -0.606. The molecule has 4 heteroatoms. The lowest BCUT2D eigenvalue weighted by molar-refractivity contribution is 0.673. The zero-order valence-corrected chi connectivity index (χ0v) is 11.1. The van der Waals surface area contributed by atoms with Crippen molar-refractivity contribution in [2.45, 2.75) is 13.3 Å². The van der Waals surface area contributed by atoms with E-state index < -0.39 is 10.8 Å².